The molecule has 1 heterocycles. The molecule has 0 aliphatic rings. The van der Waals surface area contributed by atoms with Gasteiger partial charge in [0.15, 0.2) is 0 Å². The second-order valence-electron chi connectivity index (χ2n) is 4.39. The summed E-state index contributed by atoms with van der Waals surface area (Å²) in [4.78, 5) is 0. The van der Waals surface area contributed by atoms with Gasteiger partial charge in [0.1, 0.15) is 5.01 Å². The van der Waals surface area contributed by atoms with Crippen LogP contribution in [-0.4, -0.2) is 28.0 Å². The second kappa shape index (κ2) is 4.23. The number of nitrogens with zero attached hydrogens (tertiary/aromatic N) is 2. The summed E-state index contributed by atoms with van der Waals surface area (Å²) in [6.45, 7) is 8.31. The number of aliphatic hydroxyl groups excluding tert-OH is 1. The first-order valence-electron chi connectivity index (χ1n) is 4.65. The Hall–Kier alpha value is -0.680. The van der Waals surface area contributed by atoms with Gasteiger partial charge in [-0.05, 0) is 6.92 Å². The van der Waals surface area contributed by atoms with Gasteiger partial charge in [-0.15, -0.1) is 10.2 Å². The molecular formula is C9H17N3OS. The van der Waals surface area contributed by atoms with Crippen LogP contribution in [0.25, 0.3) is 0 Å². The lowest BCUT2D eigenvalue weighted by atomic mass is 9.98. The summed E-state index contributed by atoms with van der Waals surface area (Å²) < 4.78 is 0. The number of aliphatic hydroxyl groups is 1. The van der Waals surface area contributed by atoms with E-state index in [1.807, 2.05) is 6.92 Å². The molecule has 0 aliphatic carbocycles. The van der Waals surface area contributed by atoms with Crippen LogP contribution in [0, 0.1) is 0 Å². The lowest BCUT2D eigenvalue weighted by molar-refractivity contribution is 0.281. The maximum absolute atomic E-state index is 8.86. The van der Waals surface area contributed by atoms with Gasteiger partial charge in [-0.2, -0.15) is 0 Å². The van der Waals surface area contributed by atoms with Crippen molar-refractivity contribution in [3.05, 3.63) is 5.01 Å². The van der Waals surface area contributed by atoms with Gasteiger partial charge >= 0.3 is 0 Å². The third-order valence-electron chi connectivity index (χ3n) is 1.71. The summed E-state index contributed by atoms with van der Waals surface area (Å²) in [7, 11) is 0. The Kier molecular flexibility index (Phi) is 3.44. The molecule has 0 radical (unpaired) electrons. The second-order valence-corrected chi connectivity index (χ2v) is 5.37. The molecule has 14 heavy (non-hydrogen) atoms. The fraction of sp³-hybridized carbons (Fsp3) is 0.778. The van der Waals surface area contributed by atoms with Crippen LogP contribution in [-0.2, 0) is 5.41 Å². The van der Waals surface area contributed by atoms with Crippen LogP contribution in [0.1, 0.15) is 32.7 Å². The highest BCUT2D eigenvalue weighted by molar-refractivity contribution is 7.15. The number of aromatic nitrogens is 2. The Morgan fingerprint density at radius 3 is 2.50 bits per heavy atom. The summed E-state index contributed by atoms with van der Waals surface area (Å²) >= 11 is 1.54. The lowest BCUT2D eigenvalue weighted by Gasteiger charge is -2.12. The van der Waals surface area contributed by atoms with Gasteiger partial charge in [-0.3, -0.25) is 0 Å². The Bertz CT molecular complexity index is 292. The van der Waals surface area contributed by atoms with E-state index in [9.17, 15) is 0 Å². The Balaban J connectivity index is 2.69. The number of hydrogen-bond donors (Lipinski definition) is 2. The summed E-state index contributed by atoms with van der Waals surface area (Å²) in [5.41, 5.74) is 0.0417. The molecule has 0 unspecified atom stereocenters. The van der Waals surface area contributed by atoms with E-state index in [2.05, 4.69) is 36.3 Å². The van der Waals surface area contributed by atoms with Gasteiger partial charge < -0.3 is 10.4 Å². The molecule has 1 aromatic heterocycles. The predicted octanol–water partition coefficient (Wildman–Crippen LogP) is 1.63. The van der Waals surface area contributed by atoms with Gasteiger partial charge in [-0.25, -0.2) is 0 Å². The third-order valence-corrected chi connectivity index (χ3v) is 2.99. The van der Waals surface area contributed by atoms with Crippen molar-refractivity contribution < 1.29 is 5.11 Å². The molecule has 1 rings (SSSR count). The minimum Gasteiger partial charge on any atom is -0.394 e. The molecule has 4 nitrogen and oxygen atoms in total. The molecular weight excluding hydrogens is 198 g/mol. The van der Waals surface area contributed by atoms with E-state index in [0.29, 0.717) is 0 Å². The zero-order chi connectivity index (χ0) is 10.8. The maximum atomic E-state index is 8.86. The minimum atomic E-state index is 0.0239. The van der Waals surface area contributed by atoms with E-state index in [1.54, 1.807) is 0 Å². The summed E-state index contributed by atoms with van der Waals surface area (Å²) in [5.74, 6) is 0. The van der Waals surface area contributed by atoms with Crippen molar-refractivity contribution in [2.75, 3.05) is 11.9 Å². The fourth-order valence-corrected chi connectivity index (χ4v) is 1.75. The average Bonchev–Trinajstić information content (AvgIpc) is 2.51. The van der Waals surface area contributed by atoms with E-state index in [-0.39, 0.29) is 18.1 Å². The average molecular weight is 215 g/mol. The van der Waals surface area contributed by atoms with Gasteiger partial charge in [0.25, 0.3) is 0 Å². The highest BCUT2D eigenvalue weighted by Gasteiger charge is 2.19. The van der Waals surface area contributed by atoms with Gasteiger partial charge in [-0.1, -0.05) is 32.1 Å². The minimum absolute atomic E-state index is 0.0239. The Morgan fingerprint density at radius 2 is 2.07 bits per heavy atom. The van der Waals surface area contributed by atoms with Gasteiger partial charge in [0.05, 0.1) is 6.61 Å². The van der Waals surface area contributed by atoms with Crippen LogP contribution < -0.4 is 5.32 Å². The van der Waals surface area contributed by atoms with Gasteiger partial charge in [0, 0.05) is 11.5 Å². The first-order valence-corrected chi connectivity index (χ1v) is 5.46. The smallest absolute Gasteiger partial charge is 0.205 e. The quantitative estimate of drug-likeness (QED) is 0.804. The Labute approximate surface area is 88.4 Å². The fourth-order valence-electron chi connectivity index (χ4n) is 0.841. The lowest BCUT2D eigenvalue weighted by Crippen LogP contribution is -2.18. The number of hydrogen-bond acceptors (Lipinski definition) is 5. The summed E-state index contributed by atoms with van der Waals surface area (Å²) in [5, 5.41) is 21.8. The highest BCUT2D eigenvalue weighted by atomic mass is 32.1. The summed E-state index contributed by atoms with van der Waals surface area (Å²) in [6, 6.07) is 0.0239. The zero-order valence-corrected chi connectivity index (χ0v) is 9.85. The van der Waals surface area contributed by atoms with Crippen LogP contribution in [0.4, 0.5) is 5.13 Å². The van der Waals surface area contributed by atoms with Crippen molar-refractivity contribution >= 4 is 16.5 Å². The van der Waals surface area contributed by atoms with Crippen LogP contribution in [0.2, 0.25) is 0 Å². The van der Waals surface area contributed by atoms with Crippen LogP contribution >= 0.6 is 11.3 Å². The van der Waals surface area contributed by atoms with Crippen molar-refractivity contribution in [1.29, 1.82) is 0 Å². The topological polar surface area (TPSA) is 58.0 Å². The van der Waals surface area contributed by atoms with Crippen LogP contribution in [0.3, 0.4) is 0 Å². The molecule has 80 valence electrons. The molecule has 0 amide bonds. The monoisotopic (exact) mass is 215 g/mol. The van der Waals surface area contributed by atoms with Crippen molar-refractivity contribution in [3.8, 4) is 0 Å². The summed E-state index contributed by atoms with van der Waals surface area (Å²) in [6.07, 6.45) is 0. The SMILES string of the molecule is C[C@@H](CO)Nc1nnc(C(C)(C)C)s1. The molecule has 0 fully saturated rings. The molecule has 0 aliphatic heterocycles. The number of anilines is 1. The van der Waals surface area contributed by atoms with Crippen molar-refractivity contribution in [2.45, 2.75) is 39.2 Å². The van der Waals surface area contributed by atoms with Crippen molar-refractivity contribution in [1.82, 2.24) is 10.2 Å². The molecule has 1 atom stereocenters. The van der Waals surface area contributed by atoms with E-state index >= 15 is 0 Å². The molecule has 0 bridgehead atoms. The van der Waals surface area contributed by atoms with E-state index < -0.39 is 0 Å². The number of nitrogens with one attached hydrogen (secondary N) is 1. The van der Waals surface area contributed by atoms with Crippen molar-refractivity contribution in [2.24, 2.45) is 0 Å². The molecule has 0 aromatic carbocycles. The molecule has 2 N–H and O–H groups in total. The van der Waals surface area contributed by atoms with Crippen LogP contribution in [0.5, 0.6) is 0 Å². The van der Waals surface area contributed by atoms with Crippen molar-refractivity contribution in [3.63, 3.8) is 0 Å². The first kappa shape index (κ1) is 11.4. The largest absolute Gasteiger partial charge is 0.394 e. The van der Waals surface area contributed by atoms with Gasteiger partial charge in [0.2, 0.25) is 5.13 Å². The zero-order valence-electron chi connectivity index (χ0n) is 9.03. The molecule has 0 spiro atoms. The normalized spacial score (nSPS) is 14.1. The van der Waals surface area contributed by atoms with E-state index in [4.69, 9.17) is 5.11 Å². The maximum Gasteiger partial charge on any atom is 0.205 e. The standard InChI is InChI=1S/C9H17N3OS/c1-6(5-13)10-8-12-11-7(14-8)9(2,3)4/h6,13H,5H2,1-4H3,(H,10,12)/t6-/m0/s1. The van der Waals surface area contributed by atoms with E-state index in [0.717, 1.165) is 10.1 Å². The Morgan fingerprint density at radius 1 is 1.43 bits per heavy atom. The predicted molar refractivity (Wildman–Crippen MR) is 58.8 cm³/mol. The third kappa shape index (κ3) is 2.92. The number of rotatable bonds is 3. The van der Waals surface area contributed by atoms with E-state index in [1.165, 1.54) is 11.3 Å². The molecule has 1 aromatic rings. The molecule has 0 saturated heterocycles. The first-order chi connectivity index (χ1) is 6.43. The molecule has 5 heteroatoms. The molecule has 0 saturated carbocycles. The highest BCUT2D eigenvalue weighted by Crippen LogP contribution is 2.27. The van der Waals surface area contributed by atoms with Crippen LogP contribution in [0.15, 0.2) is 0 Å².